The van der Waals surface area contributed by atoms with Crippen LogP contribution in [0.15, 0.2) is 18.2 Å². The highest BCUT2D eigenvalue weighted by Crippen LogP contribution is 2.18. The van der Waals surface area contributed by atoms with Crippen LogP contribution in [0.3, 0.4) is 0 Å². The normalized spacial score (nSPS) is 19.6. The number of benzene rings is 1. The second kappa shape index (κ2) is 6.31. The first-order valence-electron chi connectivity index (χ1n) is 6.95. The Balaban J connectivity index is 1.89. The van der Waals surface area contributed by atoms with E-state index in [2.05, 4.69) is 24.1 Å². The summed E-state index contributed by atoms with van der Waals surface area (Å²) in [6.45, 7) is 6.74. The Kier molecular flexibility index (Phi) is 4.70. The topological polar surface area (TPSA) is 32.3 Å². The number of halogens is 2. The number of rotatable bonds is 4. The summed E-state index contributed by atoms with van der Waals surface area (Å²) in [5, 5.41) is 2.70. The van der Waals surface area contributed by atoms with Crippen LogP contribution in [0.5, 0.6) is 0 Å². The Labute approximate surface area is 118 Å². The van der Waals surface area contributed by atoms with Crippen LogP contribution in [0.25, 0.3) is 0 Å². The molecule has 1 saturated heterocycles. The lowest BCUT2D eigenvalue weighted by Gasteiger charge is -2.20. The summed E-state index contributed by atoms with van der Waals surface area (Å²) in [7, 11) is 0. The van der Waals surface area contributed by atoms with Crippen molar-refractivity contribution in [3.8, 4) is 0 Å². The molecule has 0 aliphatic carbocycles. The fraction of sp³-hybridized carbons (Fsp3) is 0.533. The maximum Gasteiger partial charge on any atom is 0.254 e. The minimum atomic E-state index is -1.08. The lowest BCUT2D eigenvalue weighted by atomic mass is 10.1. The predicted molar refractivity (Wildman–Crippen MR) is 73.5 cm³/mol. The van der Waals surface area contributed by atoms with E-state index in [1.165, 1.54) is 12.1 Å². The average Bonchev–Trinajstić information content (AvgIpc) is 2.88. The SMILES string of the molecule is CC(C)N1CCC(CNC(=O)c2cccc(F)c2F)C1. The molecule has 1 N–H and O–H groups in total. The maximum absolute atomic E-state index is 13.5. The number of carbonyl (C=O) groups is 1. The van der Waals surface area contributed by atoms with Gasteiger partial charge in [0.25, 0.3) is 5.91 Å². The van der Waals surface area contributed by atoms with Crippen molar-refractivity contribution < 1.29 is 13.6 Å². The first-order chi connectivity index (χ1) is 9.49. The summed E-state index contributed by atoms with van der Waals surface area (Å²) in [5.74, 6) is -2.26. The number of hydrogen-bond acceptors (Lipinski definition) is 2. The standard InChI is InChI=1S/C15H20F2N2O/c1-10(2)19-7-6-11(9-19)8-18-15(20)12-4-3-5-13(16)14(12)17/h3-5,10-11H,6-9H2,1-2H3,(H,18,20). The molecule has 20 heavy (non-hydrogen) atoms. The molecule has 1 aliphatic heterocycles. The Morgan fingerprint density at radius 3 is 2.85 bits per heavy atom. The minimum absolute atomic E-state index is 0.233. The lowest BCUT2D eigenvalue weighted by Crippen LogP contribution is -2.33. The van der Waals surface area contributed by atoms with Gasteiger partial charge >= 0.3 is 0 Å². The van der Waals surface area contributed by atoms with E-state index >= 15 is 0 Å². The second-order valence-electron chi connectivity index (χ2n) is 5.55. The van der Waals surface area contributed by atoms with Crippen molar-refractivity contribution in [1.29, 1.82) is 0 Å². The van der Waals surface area contributed by atoms with Gasteiger partial charge in [0.05, 0.1) is 5.56 Å². The minimum Gasteiger partial charge on any atom is -0.352 e. The Morgan fingerprint density at radius 1 is 1.45 bits per heavy atom. The van der Waals surface area contributed by atoms with Gasteiger partial charge in [-0.3, -0.25) is 4.79 Å². The number of amides is 1. The van der Waals surface area contributed by atoms with Crippen molar-refractivity contribution in [2.24, 2.45) is 5.92 Å². The lowest BCUT2D eigenvalue weighted by molar-refractivity contribution is 0.0942. The van der Waals surface area contributed by atoms with Crippen molar-refractivity contribution in [1.82, 2.24) is 10.2 Å². The quantitative estimate of drug-likeness (QED) is 0.920. The van der Waals surface area contributed by atoms with E-state index in [0.717, 1.165) is 25.6 Å². The van der Waals surface area contributed by atoms with Gasteiger partial charge in [0, 0.05) is 19.1 Å². The molecule has 1 aromatic rings. The molecule has 0 radical (unpaired) electrons. The van der Waals surface area contributed by atoms with E-state index in [9.17, 15) is 13.6 Å². The van der Waals surface area contributed by atoms with Gasteiger partial charge in [0.1, 0.15) is 0 Å². The van der Waals surface area contributed by atoms with Crippen molar-refractivity contribution in [3.63, 3.8) is 0 Å². The third-order valence-electron chi connectivity index (χ3n) is 3.80. The Hall–Kier alpha value is -1.49. The highest BCUT2D eigenvalue weighted by Gasteiger charge is 2.25. The number of nitrogens with one attached hydrogen (secondary N) is 1. The molecule has 1 heterocycles. The van der Waals surface area contributed by atoms with Gasteiger partial charge in [-0.05, 0) is 44.9 Å². The monoisotopic (exact) mass is 282 g/mol. The van der Waals surface area contributed by atoms with Crippen LogP contribution in [0.4, 0.5) is 8.78 Å². The van der Waals surface area contributed by atoms with Crippen LogP contribution in [0.1, 0.15) is 30.6 Å². The Bertz CT molecular complexity index is 491. The molecule has 3 nitrogen and oxygen atoms in total. The van der Waals surface area contributed by atoms with Crippen molar-refractivity contribution in [2.45, 2.75) is 26.3 Å². The predicted octanol–water partition coefficient (Wildman–Crippen LogP) is 2.42. The highest BCUT2D eigenvalue weighted by molar-refractivity contribution is 5.94. The summed E-state index contributed by atoms with van der Waals surface area (Å²) in [6.07, 6.45) is 1.02. The molecular formula is C15H20F2N2O. The van der Waals surface area contributed by atoms with Gasteiger partial charge in [-0.25, -0.2) is 8.78 Å². The molecule has 0 aromatic heterocycles. The smallest absolute Gasteiger partial charge is 0.254 e. The molecule has 5 heteroatoms. The van der Waals surface area contributed by atoms with Gasteiger partial charge in [-0.15, -0.1) is 0 Å². The molecular weight excluding hydrogens is 262 g/mol. The van der Waals surface area contributed by atoms with Crippen LogP contribution in [-0.2, 0) is 0 Å². The summed E-state index contributed by atoms with van der Waals surface area (Å²) in [6, 6.07) is 4.13. The zero-order valence-corrected chi connectivity index (χ0v) is 11.8. The van der Waals surface area contributed by atoms with Crippen LogP contribution >= 0.6 is 0 Å². The summed E-state index contributed by atoms with van der Waals surface area (Å²) < 4.78 is 26.5. The molecule has 1 amide bonds. The first kappa shape index (κ1) is 14.9. The number of carbonyl (C=O) groups excluding carboxylic acids is 1. The van der Waals surface area contributed by atoms with Gasteiger partial charge < -0.3 is 10.2 Å². The highest BCUT2D eigenvalue weighted by atomic mass is 19.2. The van der Waals surface area contributed by atoms with E-state index in [1.807, 2.05) is 0 Å². The molecule has 1 atom stereocenters. The van der Waals surface area contributed by atoms with E-state index in [-0.39, 0.29) is 5.56 Å². The van der Waals surface area contributed by atoms with Gasteiger partial charge in [0.15, 0.2) is 11.6 Å². The first-order valence-corrected chi connectivity index (χ1v) is 6.95. The average molecular weight is 282 g/mol. The van der Waals surface area contributed by atoms with E-state index in [0.29, 0.717) is 18.5 Å². The molecule has 0 spiro atoms. The van der Waals surface area contributed by atoms with Crippen LogP contribution < -0.4 is 5.32 Å². The van der Waals surface area contributed by atoms with Gasteiger partial charge in [-0.2, -0.15) is 0 Å². The third kappa shape index (κ3) is 3.33. The van der Waals surface area contributed by atoms with Crippen molar-refractivity contribution >= 4 is 5.91 Å². The van der Waals surface area contributed by atoms with E-state index in [1.54, 1.807) is 0 Å². The zero-order chi connectivity index (χ0) is 14.7. The van der Waals surface area contributed by atoms with Crippen LogP contribution in [0.2, 0.25) is 0 Å². The number of hydrogen-bond donors (Lipinski definition) is 1. The summed E-state index contributed by atoms with van der Waals surface area (Å²) >= 11 is 0. The fourth-order valence-electron chi connectivity index (χ4n) is 2.51. The summed E-state index contributed by atoms with van der Waals surface area (Å²) in [4.78, 5) is 14.2. The second-order valence-corrected chi connectivity index (χ2v) is 5.55. The molecule has 1 fully saturated rings. The number of nitrogens with zero attached hydrogens (tertiary/aromatic N) is 1. The fourth-order valence-corrected chi connectivity index (χ4v) is 2.51. The van der Waals surface area contributed by atoms with Crippen molar-refractivity contribution in [2.75, 3.05) is 19.6 Å². The molecule has 110 valence electrons. The van der Waals surface area contributed by atoms with Crippen molar-refractivity contribution in [3.05, 3.63) is 35.4 Å². The number of likely N-dealkylation sites (tertiary alicyclic amines) is 1. The van der Waals surface area contributed by atoms with Crippen LogP contribution in [0, 0.1) is 17.6 Å². The maximum atomic E-state index is 13.5. The molecule has 2 rings (SSSR count). The van der Waals surface area contributed by atoms with Gasteiger partial charge in [-0.1, -0.05) is 6.07 Å². The molecule has 1 unspecified atom stereocenters. The zero-order valence-electron chi connectivity index (χ0n) is 11.8. The Morgan fingerprint density at radius 2 is 2.20 bits per heavy atom. The molecule has 0 saturated carbocycles. The molecule has 0 bridgehead atoms. The third-order valence-corrected chi connectivity index (χ3v) is 3.80. The summed E-state index contributed by atoms with van der Waals surface area (Å²) in [5.41, 5.74) is -0.233. The van der Waals surface area contributed by atoms with Crippen LogP contribution in [-0.4, -0.2) is 36.5 Å². The van der Waals surface area contributed by atoms with Gasteiger partial charge in [0.2, 0.25) is 0 Å². The van der Waals surface area contributed by atoms with E-state index < -0.39 is 17.5 Å². The largest absolute Gasteiger partial charge is 0.352 e. The molecule has 1 aliphatic rings. The van der Waals surface area contributed by atoms with E-state index in [4.69, 9.17) is 0 Å². The molecule has 1 aromatic carbocycles.